The summed E-state index contributed by atoms with van der Waals surface area (Å²) in [7, 11) is -1.85. The first-order valence-electron chi connectivity index (χ1n) is 5.89. The van der Waals surface area contributed by atoms with Crippen molar-refractivity contribution >= 4 is 16.0 Å². The Balaban J connectivity index is 2.06. The number of aromatic nitrogens is 2. The molecule has 2 heterocycles. The molecule has 18 heavy (non-hydrogen) atoms. The van der Waals surface area contributed by atoms with E-state index in [2.05, 4.69) is 9.82 Å². The second-order valence-electron chi connectivity index (χ2n) is 4.53. The highest BCUT2D eigenvalue weighted by atomic mass is 32.2. The Labute approximate surface area is 107 Å². The van der Waals surface area contributed by atoms with Crippen LogP contribution in [0.2, 0.25) is 0 Å². The fourth-order valence-corrected chi connectivity index (χ4v) is 3.34. The van der Waals surface area contributed by atoms with E-state index in [0.717, 1.165) is 12.8 Å². The Morgan fingerprint density at radius 1 is 1.61 bits per heavy atom. The minimum Gasteiger partial charge on any atom is -0.396 e. The Kier molecular flexibility index (Phi) is 3.88. The Morgan fingerprint density at radius 3 is 3.00 bits per heavy atom. The maximum atomic E-state index is 12.1. The highest BCUT2D eigenvalue weighted by Gasteiger charge is 2.28. The molecule has 2 rings (SSSR count). The van der Waals surface area contributed by atoms with E-state index in [1.54, 1.807) is 19.3 Å². The van der Waals surface area contributed by atoms with E-state index in [-0.39, 0.29) is 12.5 Å². The van der Waals surface area contributed by atoms with Crippen LogP contribution in [0.25, 0.3) is 0 Å². The van der Waals surface area contributed by atoms with Crippen molar-refractivity contribution in [3.8, 4) is 0 Å². The van der Waals surface area contributed by atoms with Gasteiger partial charge in [-0.1, -0.05) is 0 Å². The van der Waals surface area contributed by atoms with Crippen molar-refractivity contribution < 1.29 is 13.5 Å². The van der Waals surface area contributed by atoms with Gasteiger partial charge in [-0.25, -0.2) is 0 Å². The predicted octanol–water partition coefficient (Wildman–Crippen LogP) is -0.219. The fourth-order valence-electron chi connectivity index (χ4n) is 2.06. The van der Waals surface area contributed by atoms with Crippen LogP contribution in [0.1, 0.15) is 12.8 Å². The summed E-state index contributed by atoms with van der Waals surface area (Å²) in [6.45, 7) is 0.868. The van der Waals surface area contributed by atoms with E-state index in [9.17, 15) is 8.42 Å². The molecule has 7 nitrogen and oxygen atoms in total. The van der Waals surface area contributed by atoms with Gasteiger partial charge in [0.05, 0.1) is 0 Å². The van der Waals surface area contributed by atoms with Crippen LogP contribution in [0.4, 0.5) is 5.82 Å². The van der Waals surface area contributed by atoms with Crippen molar-refractivity contribution in [1.29, 1.82) is 0 Å². The Bertz CT molecular complexity index is 499. The van der Waals surface area contributed by atoms with Crippen LogP contribution in [0.15, 0.2) is 12.3 Å². The second kappa shape index (κ2) is 5.25. The third kappa shape index (κ3) is 3.01. The molecule has 1 aromatic heterocycles. The van der Waals surface area contributed by atoms with Gasteiger partial charge in [0.25, 0.3) is 0 Å². The van der Waals surface area contributed by atoms with Crippen LogP contribution in [0.3, 0.4) is 0 Å². The average molecular weight is 274 g/mol. The van der Waals surface area contributed by atoms with Crippen molar-refractivity contribution in [2.75, 3.05) is 24.4 Å². The summed E-state index contributed by atoms with van der Waals surface area (Å²) in [5.74, 6) is 0.336. The fraction of sp³-hybridized carbons (Fsp3) is 0.700. The molecular weight excluding hydrogens is 256 g/mol. The number of hydrogen-bond donors (Lipinski definition) is 2. The molecule has 0 saturated carbocycles. The van der Waals surface area contributed by atoms with Gasteiger partial charge in [0.15, 0.2) is 5.82 Å². The first-order valence-corrected chi connectivity index (χ1v) is 7.33. The van der Waals surface area contributed by atoms with Crippen LogP contribution >= 0.6 is 0 Å². The molecule has 102 valence electrons. The van der Waals surface area contributed by atoms with Crippen LogP contribution in [0, 0.1) is 5.92 Å². The first kappa shape index (κ1) is 13.3. The number of anilines is 1. The van der Waals surface area contributed by atoms with Gasteiger partial charge in [0, 0.05) is 39.0 Å². The SMILES string of the molecule is Cn1ccc(NS(=O)(=O)N2CCCC(CO)C2)n1. The molecule has 0 radical (unpaired) electrons. The summed E-state index contributed by atoms with van der Waals surface area (Å²) in [6, 6.07) is 1.60. The molecule has 1 saturated heterocycles. The molecule has 0 aliphatic carbocycles. The summed E-state index contributed by atoms with van der Waals surface area (Å²) >= 11 is 0. The predicted molar refractivity (Wildman–Crippen MR) is 67.1 cm³/mol. The van der Waals surface area contributed by atoms with Crippen LogP contribution in [0.5, 0.6) is 0 Å². The molecule has 1 aliphatic heterocycles. The highest BCUT2D eigenvalue weighted by molar-refractivity contribution is 7.90. The van der Waals surface area contributed by atoms with Crippen molar-refractivity contribution in [3.63, 3.8) is 0 Å². The van der Waals surface area contributed by atoms with Gasteiger partial charge in [0.2, 0.25) is 0 Å². The van der Waals surface area contributed by atoms with Gasteiger partial charge in [-0.15, -0.1) is 0 Å². The molecular formula is C10H18N4O3S. The lowest BCUT2D eigenvalue weighted by atomic mass is 10.0. The highest BCUT2D eigenvalue weighted by Crippen LogP contribution is 2.19. The van der Waals surface area contributed by atoms with E-state index in [0.29, 0.717) is 18.9 Å². The Hall–Kier alpha value is -1.12. The monoisotopic (exact) mass is 274 g/mol. The van der Waals surface area contributed by atoms with Crippen molar-refractivity contribution in [2.45, 2.75) is 12.8 Å². The minimum atomic E-state index is -3.57. The first-order chi connectivity index (χ1) is 8.51. The zero-order valence-electron chi connectivity index (χ0n) is 10.3. The maximum Gasteiger partial charge on any atom is 0.302 e. The normalized spacial score (nSPS) is 22.0. The molecule has 8 heteroatoms. The topological polar surface area (TPSA) is 87.5 Å². The second-order valence-corrected chi connectivity index (χ2v) is 6.20. The lowest BCUT2D eigenvalue weighted by molar-refractivity contribution is 0.166. The molecule has 0 amide bonds. The number of nitrogens with one attached hydrogen (secondary N) is 1. The van der Waals surface area contributed by atoms with Gasteiger partial charge in [-0.2, -0.15) is 17.8 Å². The van der Waals surface area contributed by atoms with Gasteiger partial charge in [-0.05, 0) is 18.8 Å². The van der Waals surface area contributed by atoms with E-state index >= 15 is 0 Å². The third-order valence-electron chi connectivity index (χ3n) is 3.03. The molecule has 0 spiro atoms. The number of aryl methyl sites for hydroxylation is 1. The molecule has 2 N–H and O–H groups in total. The molecule has 0 aromatic carbocycles. The average Bonchev–Trinajstić information content (AvgIpc) is 2.74. The van der Waals surface area contributed by atoms with Gasteiger partial charge >= 0.3 is 10.2 Å². The van der Waals surface area contributed by atoms with Crippen molar-refractivity contribution in [2.24, 2.45) is 13.0 Å². The summed E-state index contributed by atoms with van der Waals surface area (Å²) in [4.78, 5) is 0. The summed E-state index contributed by atoms with van der Waals surface area (Å²) < 4.78 is 29.6. The van der Waals surface area contributed by atoms with Crippen LogP contribution in [-0.2, 0) is 17.3 Å². The molecule has 1 aliphatic rings. The summed E-state index contributed by atoms with van der Waals surface area (Å²) in [5, 5.41) is 13.1. The van der Waals surface area contributed by atoms with E-state index < -0.39 is 10.2 Å². The molecule has 1 aromatic rings. The molecule has 1 unspecified atom stereocenters. The number of nitrogens with zero attached hydrogens (tertiary/aromatic N) is 3. The molecule has 1 fully saturated rings. The van der Waals surface area contributed by atoms with E-state index in [1.807, 2.05) is 0 Å². The van der Waals surface area contributed by atoms with Crippen molar-refractivity contribution in [1.82, 2.24) is 14.1 Å². The van der Waals surface area contributed by atoms with Crippen molar-refractivity contribution in [3.05, 3.63) is 12.3 Å². The lowest BCUT2D eigenvalue weighted by Crippen LogP contribution is -2.43. The zero-order chi connectivity index (χ0) is 13.2. The quantitative estimate of drug-likeness (QED) is 0.794. The standard InChI is InChI=1S/C10H18N4O3S/c1-13-6-4-10(11-13)12-18(16,17)14-5-2-3-9(7-14)8-15/h4,6,9,15H,2-3,5,7-8H2,1H3,(H,11,12). The number of hydrogen-bond acceptors (Lipinski definition) is 4. The zero-order valence-corrected chi connectivity index (χ0v) is 11.1. The Morgan fingerprint density at radius 2 is 2.39 bits per heavy atom. The molecule has 1 atom stereocenters. The van der Waals surface area contributed by atoms with Crippen LogP contribution in [-0.4, -0.2) is 47.3 Å². The number of aliphatic hydroxyl groups excluding tert-OH is 1. The van der Waals surface area contributed by atoms with Gasteiger partial charge in [-0.3, -0.25) is 9.40 Å². The minimum absolute atomic E-state index is 0.0234. The largest absolute Gasteiger partial charge is 0.396 e. The van der Waals surface area contributed by atoms with E-state index in [4.69, 9.17) is 5.11 Å². The van der Waals surface area contributed by atoms with Gasteiger partial charge in [0.1, 0.15) is 0 Å². The number of aliphatic hydroxyl groups is 1. The third-order valence-corrected chi connectivity index (χ3v) is 4.51. The van der Waals surface area contributed by atoms with E-state index in [1.165, 1.54) is 8.99 Å². The summed E-state index contributed by atoms with van der Waals surface area (Å²) in [6.07, 6.45) is 3.31. The lowest BCUT2D eigenvalue weighted by Gasteiger charge is -2.30. The smallest absolute Gasteiger partial charge is 0.302 e. The maximum absolute atomic E-state index is 12.1. The number of rotatable bonds is 4. The molecule has 0 bridgehead atoms. The number of piperidine rings is 1. The van der Waals surface area contributed by atoms with Gasteiger partial charge < -0.3 is 5.11 Å². The van der Waals surface area contributed by atoms with Crippen LogP contribution < -0.4 is 4.72 Å². The summed E-state index contributed by atoms with van der Waals surface area (Å²) in [5.41, 5.74) is 0.